The zero-order valence-corrected chi connectivity index (χ0v) is 9.93. The number of aryl methyl sites for hydroxylation is 1. The van der Waals surface area contributed by atoms with Crippen molar-refractivity contribution in [3.8, 4) is 17.0 Å². The zero-order valence-electron chi connectivity index (χ0n) is 9.93. The van der Waals surface area contributed by atoms with Crippen LogP contribution in [-0.4, -0.2) is 14.7 Å². The third-order valence-electron chi connectivity index (χ3n) is 3.46. The standard InChI is InChI=1S/C14H16N2O/c1-10-5-4-8-16-9-12(15-14(10)16)11-6-2-3-7-13(11)17/h2-3,6-7,9-10,17H,4-5,8H2,1H3. The number of imidazole rings is 1. The largest absolute Gasteiger partial charge is 0.507 e. The van der Waals surface area contributed by atoms with Crippen LogP contribution in [0, 0.1) is 0 Å². The van der Waals surface area contributed by atoms with E-state index in [4.69, 9.17) is 0 Å². The van der Waals surface area contributed by atoms with Crippen molar-refractivity contribution in [1.82, 2.24) is 9.55 Å². The van der Waals surface area contributed by atoms with Gasteiger partial charge in [-0.15, -0.1) is 0 Å². The molecule has 1 aromatic heterocycles. The number of aromatic nitrogens is 2. The normalized spacial score (nSPS) is 19.0. The van der Waals surface area contributed by atoms with Crippen LogP contribution in [0.3, 0.4) is 0 Å². The number of para-hydroxylation sites is 1. The van der Waals surface area contributed by atoms with Gasteiger partial charge in [0.1, 0.15) is 11.6 Å². The third-order valence-corrected chi connectivity index (χ3v) is 3.46. The quantitative estimate of drug-likeness (QED) is 0.814. The fourth-order valence-corrected chi connectivity index (χ4v) is 2.52. The molecule has 0 radical (unpaired) electrons. The van der Waals surface area contributed by atoms with Crippen LogP contribution in [0.5, 0.6) is 5.75 Å². The molecular weight excluding hydrogens is 212 g/mol. The maximum atomic E-state index is 9.84. The van der Waals surface area contributed by atoms with E-state index >= 15 is 0 Å². The van der Waals surface area contributed by atoms with E-state index in [0.29, 0.717) is 11.7 Å². The van der Waals surface area contributed by atoms with Gasteiger partial charge in [0.25, 0.3) is 0 Å². The van der Waals surface area contributed by atoms with E-state index < -0.39 is 0 Å². The van der Waals surface area contributed by atoms with Crippen LogP contribution in [0.25, 0.3) is 11.3 Å². The minimum Gasteiger partial charge on any atom is -0.507 e. The van der Waals surface area contributed by atoms with E-state index in [-0.39, 0.29) is 0 Å². The van der Waals surface area contributed by atoms with Gasteiger partial charge in [0.15, 0.2) is 0 Å². The van der Waals surface area contributed by atoms with Crippen molar-refractivity contribution < 1.29 is 5.11 Å². The smallest absolute Gasteiger partial charge is 0.125 e. The van der Waals surface area contributed by atoms with Gasteiger partial charge in [-0.2, -0.15) is 0 Å². The number of phenolic OH excluding ortho intramolecular Hbond substituents is 1. The highest BCUT2D eigenvalue weighted by atomic mass is 16.3. The molecular formula is C14H16N2O. The molecule has 3 nitrogen and oxygen atoms in total. The minimum absolute atomic E-state index is 0.301. The van der Waals surface area contributed by atoms with E-state index in [1.54, 1.807) is 6.07 Å². The van der Waals surface area contributed by atoms with Crippen molar-refractivity contribution >= 4 is 0 Å². The minimum atomic E-state index is 0.301. The molecule has 3 rings (SSSR count). The van der Waals surface area contributed by atoms with Gasteiger partial charge in [-0.1, -0.05) is 19.1 Å². The molecule has 2 heterocycles. The Hall–Kier alpha value is -1.77. The van der Waals surface area contributed by atoms with Crippen molar-refractivity contribution in [3.05, 3.63) is 36.3 Å². The van der Waals surface area contributed by atoms with Gasteiger partial charge >= 0.3 is 0 Å². The summed E-state index contributed by atoms with van der Waals surface area (Å²) < 4.78 is 2.22. The predicted octanol–water partition coefficient (Wildman–Crippen LogP) is 3.15. The van der Waals surface area contributed by atoms with Gasteiger partial charge in [0.2, 0.25) is 0 Å². The van der Waals surface area contributed by atoms with Crippen LogP contribution in [0.2, 0.25) is 0 Å². The molecule has 3 heteroatoms. The summed E-state index contributed by atoms with van der Waals surface area (Å²) in [6.45, 7) is 3.26. The van der Waals surface area contributed by atoms with Crippen LogP contribution in [0.1, 0.15) is 31.5 Å². The number of rotatable bonds is 1. The lowest BCUT2D eigenvalue weighted by atomic mass is 10.0. The number of phenols is 1. The van der Waals surface area contributed by atoms with Gasteiger partial charge in [0.05, 0.1) is 5.69 Å². The SMILES string of the molecule is CC1CCCn2cc(-c3ccccc3O)nc21. The molecule has 0 saturated heterocycles. The molecule has 1 atom stereocenters. The lowest BCUT2D eigenvalue weighted by Gasteiger charge is -2.19. The summed E-state index contributed by atoms with van der Waals surface area (Å²) in [6.07, 6.45) is 4.47. The molecule has 1 aromatic carbocycles. The van der Waals surface area contributed by atoms with Crippen molar-refractivity contribution in [3.63, 3.8) is 0 Å². The number of hydrogen-bond donors (Lipinski definition) is 1. The zero-order chi connectivity index (χ0) is 11.8. The molecule has 0 spiro atoms. The number of benzene rings is 1. The summed E-state index contributed by atoms with van der Waals surface area (Å²) in [7, 11) is 0. The lowest BCUT2D eigenvalue weighted by Crippen LogP contribution is -2.12. The molecule has 0 bridgehead atoms. The molecule has 0 saturated carbocycles. The number of fused-ring (bicyclic) bond motifs is 1. The van der Waals surface area contributed by atoms with E-state index in [2.05, 4.69) is 22.7 Å². The van der Waals surface area contributed by atoms with Crippen molar-refractivity contribution in [2.45, 2.75) is 32.2 Å². The van der Waals surface area contributed by atoms with E-state index in [1.165, 1.54) is 12.8 Å². The van der Waals surface area contributed by atoms with Crippen molar-refractivity contribution in [2.24, 2.45) is 0 Å². The first kappa shape index (κ1) is 10.4. The predicted molar refractivity (Wildman–Crippen MR) is 67.0 cm³/mol. The Morgan fingerprint density at radius 3 is 2.94 bits per heavy atom. The van der Waals surface area contributed by atoms with E-state index in [0.717, 1.165) is 23.6 Å². The maximum Gasteiger partial charge on any atom is 0.125 e. The fourth-order valence-electron chi connectivity index (χ4n) is 2.52. The summed E-state index contributed by atoms with van der Waals surface area (Å²) in [5, 5.41) is 9.84. The van der Waals surface area contributed by atoms with Gasteiger partial charge in [-0.25, -0.2) is 4.98 Å². The Labute approximate surface area is 101 Å². The topological polar surface area (TPSA) is 38.0 Å². The van der Waals surface area contributed by atoms with Crippen LogP contribution in [0.4, 0.5) is 0 Å². The molecule has 0 fully saturated rings. The van der Waals surface area contributed by atoms with Crippen molar-refractivity contribution in [2.75, 3.05) is 0 Å². The second kappa shape index (κ2) is 3.91. The second-order valence-corrected chi connectivity index (χ2v) is 4.74. The Morgan fingerprint density at radius 2 is 2.18 bits per heavy atom. The maximum absolute atomic E-state index is 9.84. The third kappa shape index (κ3) is 1.71. The Kier molecular flexibility index (Phi) is 2.39. The van der Waals surface area contributed by atoms with Gasteiger partial charge in [0, 0.05) is 24.2 Å². The average Bonchev–Trinajstić information content (AvgIpc) is 2.75. The molecule has 1 N–H and O–H groups in total. The monoisotopic (exact) mass is 228 g/mol. The molecule has 0 amide bonds. The van der Waals surface area contributed by atoms with Crippen molar-refractivity contribution in [1.29, 1.82) is 0 Å². The highest BCUT2D eigenvalue weighted by Crippen LogP contribution is 2.32. The fraction of sp³-hybridized carbons (Fsp3) is 0.357. The Morgan fingerprint density at radius 1 is 1.35 bits per heavy atom. The number of nitrogens with zero attached hydrogens (tertiary/aromatic N) is 2. The molecule has 88 valence electrons. The van der Waals surface area contributed by atoms with Crippen LogP contribution >= 0.6 is 0 Å². The summed E-state index contributed by atoms with van der Waals surface area (Å²) >= 11 is 0. The highest BCUT2D eigenvalue weighted by Gasteiger charge is 2.20. The molecule has 1 aliphatic rings. The van der Waals surface area contributed by atoms with Gasteiger partial charge in [-0.05, 0) is 25.0 Å². The van der Waals surface area contributed by atoms with Crippen LogP contribution < -0.4 is 0 Å². The Balaban J connectivity index is 2.08. The summed E-state index contributed by atoms with van der Waals surface area (Å²) in [6, 6.07) is 7.37. The van der Waals surface area contributed by atoms with Gasteiger partial charge < -0.3 is 9.67 Å². The molecule has 1 unspecified atom stereocenters. The van der Waals surface area contributed by atoms with E-state index in [9.17, 15) is 5.11 Å². The van der Waals surface area contributed by atoms with Crippen LogP contribution in [-0.2, 0) is 6.54 Å². The molecule has 2 aromatic rings. The first-order valence-electron chi connectivity index (χ1n) is 6.11. The second-order valence-electron chi connectivity index (χ2n) is 4.74. The van der Waals surface area contributed by atoms with E-state index in [1.807, 2.05) is 18.2 Å². The number of hydrogen-bond acceptors (Lipinski definition) is 2. The molecule has 1 aliphatic heterocycles. The summed E-state index contributed by atoms with van der Waals surface area (Å²) in [4.78, 5) is 4.67. The first-order valence-corrected chi connectivity index (χ1v) is 6.11. The lowest BCUT2D eigenvalue weighted by molar-refractivity contribution is 0.463. The van der Waals surface area contributed by atoms with Crippen LogP contribution in [0.15, 0.2) is 30.5 Å². The first-order chi connectivity index (χ1) is 8.25. The molecule has 0 aliphatic carbocycles. The molecule has 17 heavy (non-hydrogen) atoms. The van der Waals surface area contributed by atoms with Gasteiger partial charge in [-0.3, -0.25) is 0 Å². The highest BCUT2D eigenvalue weighted by molar-refractivity contribution is 5.66. The summed E-state index contributed by atoms with van der Waals surface area (Å²) in [5.41, 5.74) is 1.70. The average molecular weight is 228 g/mol. The number of aromatic hydroxyl groups is 1. The Bertz CT molecular complexity index is 545. The summed E-state index contributed by atoms with van der Waals surface area (Å²) in [5.74, 6) is 1.97.